The van der Waals surface area contributed by atoms with Crippen LogP contribution in [0, 0.1) is 10.1 Å². The van der Waals surface area contributed by atoms with Gasteiger partial charge in [0.05, 0.1) is 11.5 Å². The second-order valence-corrected chi connectivity index (χ2v) is 5.01. The third-order valence-corrected chi connectivity index (χ3v) is 3.23. The van der Waals surface area contributed by atoms with Crippen molar-refractivity contribution in [3.05, 3.63) is 75.5 Å². The highest BCUT2D eigenvalue weighted by atomic mass is 16.6. The lowest BCUT2D eigenvalue weighted by molar-refractivity contribution is -0.386. The van der Waals surface area contributed by atoms with Gasteiger partial charge in [-0.25, -0.2) is 4.79 Å². The van der Waals surface area contributed by atoms with Gasteiger partial charge in [-0.2, -0.15) is 0 Å². The zero-order valence-corrected chi connectivity index (χ0v) is 13.5. The van der Waals surface area contributed by atoms with Crippen molar-refractivity contribution in [2.45, 2.75) is 13.5 Å². The molecule has 0 saturated carbocycles. The molecule has 0 unspecified atom stereocenters. The quantitative estimate of drug-likeness (QED) is 0.340. The van der Waals surface area contributed by atoms with Gasteiger partial charge in [-0.05, 0) is 30.2 Å². The number of benzene rings is 2. The van der Waals surface area contributed by atoms with E-state index in [4.69, 9.17) is 14.6 Å². The maximum Gasteiger partial charge on any atom is 0.371 e. The number of ether oxygens (including phenoxy) is 2. The molecule has 7 heteroatoms. The largest absolute Gasteiger partial charge is 0.487 e. The van der Waals surface area contributed by atoms with Gasteiger partial charge in [0.25, 0.3) is 0 Å². The molecule has 0 amide bonds. The summed E-state index contributed by atoms with van der Waals surface area (Å²) in [5.74, 6) is -1.41. The maximum absolute atomic E-state index is 11.3. The van der Waals surface area contributed by atoms with E-state index < -0.39 is 10.9 Å². The number of nitro groups is 1. The van der Waals surface area contributed by atoms with E-state index >= 15 is 0 Å². The lowest BCUT2D eigenvalue weighted by Gasteiger charge is -2.08. The number of carbonyl (C=O) groups is 1. The third kappa shape index (κ3) is 5.07. The van der Waals surface area contributed by atoms with Crippen molar-refractivity contribution in [2.24, 2.45) is 0 Å². The molecular weight excluding hydrogens is 326 g/mol. The topological polar surface area (TPSA) is 98.9 Å². The van der Waals surface area contributed by atoms with E-state index in [1.54, 1.807) is 6.92 Å². The molecule has 2 rings (SSSR count). The van der Waals surface area contributed by atoms with Gasteiger partial charge in [-0.1, -0.05) is 36.4 Å². The summed E-state index contributed by atoms with van der Waals surface area (Å²) in [5.41, 5.74) is 0.973. The van der Waals surface area contributed by atoms with Crippen molar-refractivity contribution in [3.8, 4) is 5.75 Å². The standard InChI is InChI=1S/C18H17NO6/c1-2-24-17(18(20)21)11-14-8-9-16(15(10-14)19(22)23)25-12-13-6-4-3-5-7-13/h3-11H,2,12H2,1H3,(H,20,21)/b17-11-. The van der Waals surface area contributed by atoms with Crippen molar-refractivity contribution < 1.29 is 24.3 Å². The van der Waals surface area contributed by atoms with E-state index in [-0.39, 0.29) is 30.4 Å². The van der Waals surface area contributed by atoms with Crippen LogP contribution in [0.1, 0.15) is 18.1 Å². The first-order chi connectivity index (χ1) is 12.0. The number of nitrogens with zero attached hydrogens (tertiary/aromatic N) is 1. The highest BCUT2D eigenvalue weighted by molar-refractivity contribution is 5.90. The van der Waals surface area contributed by atoms with Crippen LogP contribution < -0.4 is 4.74 Å². The lowest BCUT2D eigenvalue weighted by atomic mass is 10.1. The fourth-order valence-electron chi connectivity index (χ4n) is 2.10. The van der Waals surface area contributed by atoms with Crippen LogP contribution in [0.25, 0.3) is 6.08 Å². The predicted molar refractivity (Wildman–Crippen MR) is 91.1 cm³/mol. The molecule has 0 fully saturated rings. The van der Waals surface area contributed by atoms with Gasteiger partial charge in [0.2, 0.25) is 5.76 Å². The molecule has 0 aliphatic carbocycles. The molecule has 0 spiro atoms. The first-order valence-electron chi connectivity index (χ1n) is 7.54. The molecular formula is C18H17NO6. The molecule has 2 aromatic carbocycles. The van der Waals surface area contributed by atoms with Gasteiger partial charge in [0.15, 0.2) is 5.75 Å². The summed E-state index contributed by atoms with van der Waals surface area (Å²) < 4.78 is 10.5. The van der Waals surface area contributed by atoms with Crippen LogP contribution in [0.4, 0.5) is 5.69 Å². The van der Waals surface area contributed by atoms with Crippen LogP contribution >= 0.6 is 0 Å². The first kappa shape index (κ1) is 18.0. The Labute approximate surface area is 144 Å². The SMILES string of the molecule is CCO/C(=C\c1ccc(OCc2ccccc2)c([N+](=O)[O-])c1)C(=O)O. The molecule has 0 atom stereocenters. The first-order valence-corrected chi connectivity index (χ1v) is 7.54. The molecule has 130 valence electrons. The van der Waals surface area contributed by atoms with Gasteiger partial charge < -0.3 is 14.6 Å². The summed E-state index contributed by atoms with van der Waals surface area (Å²) in [5, 5.41) is 20.3. The number of nitro benzene ring substituents is 1. The molecule has 0 aliphatic heterocycles. The Kier molecular flexibility index (Phi) is 6.11. The number of aliphatic carboxylic acids is 1. The zero-order valence-electron chi connectivity index (χ0n) is 13.5. The average Bonchev–Trinajstić information content (AvgIpc) is 2.60. The summed E-state index contributed by atoms with van der Waals surface area (Å²) in [4.78, 5) is 21.8. The van der Waals surface area contributed by atoms with Crippen LogP contribution in [0.15, 0.2) is 54.3 Å². The van der Waals surface area contributed by atoms with Crippen LogP contribution in [-0.2, 0) is 16.1 Å². The third-order valence-electron chi connectivity index (χ3n) is 3.23. The summed E-state index contributed by atoms with van der Waals surface area (Å²) in [6.45, 7) is 2.02. The molecule has 0 bridgehead atoms. The summed E-state index contributed by atoms with van der Waals surface area (Å²) in [6.07, 6.45) is 1.24. The van der Waals surface area contributed by atoms with Crippen LogP contribution in [0.3, 0.4) is 0 Å². The molecule has 0 aliphatic rings. The van der Waals surface area contributed by atoms with Gasteiger partial charge in [-0.3, -0.25) is 10.1 Å². The predicted octanol–water partition coefficient (Wildman–Crippen LogP) is 3.64. The Bertz CT molecular complexity index is 785. The molecule has 0 saturated heterocycles. The summed E-state index contributed by atoms with van der Waals surface area (Å²) >= 11 is 0. The summed E-state index contributed by atoms with van der Waals surface area (Å²) in [7, 11) is 0. The smallest absolute Gasteiger partial charge is 0.371 e. The van der Waals surface area contributed by atoms with Gasteiger partial charge in [-0.15, -0.1) is 0 Å². The van der Waals surface area contributed by atoms with Crippen molar-refractivity contribution >= 4 is 17.7 Å². The highest BCUT2D eigenvalue weighted by Gasteiger charge is 2.17. The molecule has 2 aromatic rings. The maximum atomic E-state index is 11.3. The fourth-order valence-corrected chi connectivity index (χ4v) is 2.10. The Balaban J connectivity index is 2.26. The van der Waals surface area contributed by atoms with Gasteiger partial charge >= 0.3 is 11.7 Å². The average molecular weight is 343 g/mol. The normalized spacial score (nSPS) is 11.0. The molecule has 0 heterocycles. The minimum atomic E-state index is -1.24. The van der Waals surface area contributed by atoms with Crippen molar-refractivity contribution in [3.63, 3.8) is 0 Å². The Morgan fingerprint density at radius 2 is 1.96 bits per heavy atom. The minimum Gasteiger partial charge on any atom is -0.487 e. The summed E-state index contributed by atoms with van der Waals surface area (Å²) in [6, 6.07) is 13.5. The Morgan fingerprint density at radius 1 is 1.24 bits per heavy atom. The van der Waals surface area contributed by atoms with Crippen molar-refractivity contribution in [2.75, 3.05) is 6.61 Å². The van der Waals surface area contributed by atoms with E-state index in [0.717, 1.165) is 5.56 Å². The van der Waals surface area contributed by atoms with Crippen LogP contribution in [0.2, 0.25) is 0 Å². The molecule has 1 N–H and O–H groups in total. The number of hydrogen-bond donors (Lipinski definition) is 1. The van der Waals surface area contributed by atoms with Crippen molar-refractivity contribution in [1.82, 2.24) is 0 Å². The van der Waals surface area contributed by atoms with E-state index in [1.807, 2.05) is 30.3 Å². The minimum absolute atomic E-state index is 0.110. The van der Waals surface area contributed by atoms with E-state index in [2.05, 4.69) is 0 Å². The Hall–Kier alpha value is -3.35. The highest BCUT2D eigenvalue weighted by Crippen LogP contribution is 2.29. The van der Waals surface area contributed by atoms with Crippen molar-refractivity contribution in [1.29, 1.82) is 0 Å². The van der Waals surface area contributed by atoms with Crippen LogP contribution in [0.5, 0.6) is 5.75 Å². The van der Waals surface area contributed by atoms with Crippen LogP contribution in [-0.4, -0.2) is 22.6 Å². The number of hydrogen-bond acceptors (Lipinski definition) is 5. The number of rotatable bonds is 8. The fraction of sp³-hybridized carbons (Fsp3) is 0.167. The monoisotopic (exact) mass is 343 g/mol. The second kappa shape index (κ2) is 8.49. The molecule has 25 heavy (non-hydrogen) atoms. The Morgan fingerprint density at radius 3 is 2.56 bits per heavy atom. The van der Waals surface area contributed by atoms with E-state index in [1.165, 1.54) is 24.3 Å². The van der Waals surface area contributed by atoms with E-state index in [9.17, 15) is 14.9 Å². The van der Waals surface area contributed by atoms with Gasteiger partial charge in [0, 0.05) is 6.07 Å². The molecule has 7 nitrogen and oxygen atoms in total. The van der Waals surface area contributed by atoms with Gasteiger partial charge in [0.1, 0.15) is 6.61 Å². The number of carboxylic acids is 1. The second-order valence-electron chi connectivity index (χ2n) is 5.01. The molecule has 0 radical (unpaired) electrons. The zero-order chi connectivity index (χ0) is 18.2. The van der Waals surface area contributed by atoms with E-state index in [0.29, 0.717) is 5.56 Å². The molecule has 0 aromatic heterocycles. The number of carboxylic acid groups (broad SMARTS) is 1. The lowest BCUT2D eigenvalue weighted by Crippen LogP contribution is -2.04.